The normalized spacial score (nSPS) is 12.2. The van der Waals surface area contributed by atoms with Gasteiger partial charge in [0.1, 0.15) is 0 Å². The summed E-state index contributed by atoms with van der Waals surface area (Å²) >= 11 is 1.66. The van der Waals surface area contributed by atoms with Crippen LogP contribution in [0.25, 0.3) is 0 Å². The molecular formula is C9H15NO2S2. The smallest absolute Gasteiger partial charge is 0.212 e. The predicted molar refractivity (Wildman–Crippen MR) is 60.1 cm³/mol. The summed E-state index contributed by atoms with van der Waals surface area (Å²) in [6.07, 6.45) is 0.799. The minimum Gasteiger partial charge on any atom is -0.212 e. The quantitative estimate of drug-likeness (QED) is 0.774. The zero-order chi connectivity index (χ0) is 10.6. The van der Waals surface area contributed by atoms with Crippen LogP contribution in [0.4, 0.5) is 0 Å². The Morgan fingerprint density at radius 2 is 2.21 bits per heavy atom. The van der Waals surface area contributed by atoms with Crippen LogP contribution in [0, 0.1) is 0 Å². The minimum absolute atomic E-state index is 0.175. The highest BCUT2D eigenvalue weighted by molar-refractivity contribution is 7.89. The Balaban J connectivity index is 2.47. The highest BCUT2D eigenvalue weighted by Crippen LogP contribution is 2.10. The van der Waals surface area contributed by atoms with Gasteiger partial charge >= 0.3 is 0 Å². The van der Waals surface area contributed by atoms with Crippen molar-refractivity contribution in [2.24, 2.45) is 0 Å². The first-order valence-corrected chi connectivity index (χ1v) is 7.01. The molecule has 0 bridgehead atoms. The van der Waals surface area contributed by atoms with E-state index < -0.39 is 10.0 Å². The van der Waals surface area contributed by atoms with Crippen molar-refractivity contribution in [2.75, 3.05) is 19.3 Å². The lowest BCUT2D eigenvalue weighted by Gasteiger charge is -2.14. The summed E-state index contributed by atoms with van der Waals surface area (Å²) in [7, 11) is -1.38. The summed E-state index contributed by atoms with van der Waals surface area (Å²) < 4.78 is 24.2. The molecule has 5 heteroatoms. The van der Waals surface area contributed by atoms with Gasteiger partial charge in [-0.2, -0.15) is 0 Å². The van der Waals surface area contributed by atoms with Crippen LogP contribution in [0.3, 0.4) is 0 Å². The first-order valence-electron chi connectivity index (χ1n) is 4.52. The van der Waals surface area contributed by atoms with Crippen LogP contribution in [0.5, 0.6) is 0 Å². The van der Waals surface area contributed by atoms with Crippen molar-refractivity contribution in [1.29, 1.82) is 0 Å². The topological polar surface area (TPSA) is 37.4 Å². The monoisotopic (exact) mass is 233 g/mol. The van der Waals surface area contributed by atoms with Gasteiger partial charge in [-0.1, -0.05) is 6.07 Å². The van der Waals surface area contributed by atoms with Crippen molar-refractivity contribution >= 4 is 21.4 Å². The highest BCUT2D eigenvalue weighted by Gasteiger charge is 2.14. The molecule has 1 heterocycles. The Morgan fingerprint density at radius 1 is 1.50 bits per heavy atom. The fourth-order valence-corrected chi connectivity index (χ4v) is 2.59. The average molecular weight is 233 g/mol. The van der Waals surface area contributed by atoms with Crippen molar-refractivity contribution in [3.8, 4) is 0 Å². The zero-order valence-corrected chi connectivity index (χ0v) is 10.1. The van der Waals surface area contributed by atoms with Crippen LogP contribution in [0.2, 0.25) is 0 Å². The molecule has 80 valence electrons. The minimum atomic E-state index is -3.01. The number of hydrogen-bond donors (Lipinski definition) is 0. The second kappa shape index (κ2) is 4.91. The second-order valence-corrected chi connectivity index (χ2v) is 6.45. The van der Waals surface area contributed by atoms with E-state index >= 15 is 0 Å². The van der Waals surface area contributed by atoms with Gasteiger partial charge in [-0.05, 0) is 24.8 Å². The molecule has 1 aromatic heterocycles. The van der Waals surface area contributed by atoms with Crippen LogP contribution in [0.1, 0.15) is 11.8 Å². The largest absolute Gasteiger partial charge is 0.213 e. The van der Waals surface area contributed by atoms with Crippen molar-refractivity contribution < 1.29 is 8.42 Å². The van der Waals surface area contributed by atoms with Gasteiger partial charge in [-0.25, -0.2) is 12.7 Å². The van der Waals surface area contributed by atoms with Crippen molar-refractivity contribution in [2.45, 2.75) is 13.3 Å². The van der Waals surface area contributed by atoms with Crippen molar-refractivity contribution in [1.82, 2.24) is 4.31 Å². The molecule has 0 unspecified atom stereocenters. The maximum atomic E-state index is 11.4. The van der Waals surface area contributed by atoms with Gasteiger partial charge in [0.25, 0.3) is 0 Å². The number of nitrogens with zero attached hydrogens (tertiary/aromatic N) is 1. The Labute approximate surface area is 89.4 Å². The molecular weight excluding hydrogens is 218 g/mol. The van der Waals surface area contributed by atoms with Gasteiger partial charge in [0.2, 0.25) is 10.0 Å². The van der Waals surface area contributed by atoms with E-state index in [4.69, 9.17) is 0 Å². The summed E-state index contributed by atoms with van der Waals surface area (Å²) in [6.45, 7) is 2.23. The van der Waals surface area contributed by atoms with Crippen LogP contribution in [-0.2, 0) is 16.4 Å². The molecule has 14 heavy (non-hydrogen) atoms. The summed E-state index contributed by atoms with van der Waals surface area (Å²) in [5.41, 5.74) is 0. The van der Waals surface area contributed by atoms with E-state index in [0.29, 0.717) is 6.54 Å². The third-order valence-electron chi connectivity index (χ3n) is 2.09. The fraction of sp³-hybridized carbons (Fsp3) is 0.556. The molecule has 1 rings (SSSR count). The summed E-state index contributed by atoms with van der Waals surface area (Å²) in [6, 6.07) is 4.01. The predicted octanol–water partition coefficient (Wildman–Crippen LogP) is 1.57. The summed E-state index contributed by atoms with van der Waals surface area (Å²) in [5, 5.41) is 2.00. The van der Waals surface area contributed by atoms with Gasteiger partial charge in [-0.3, -0.25) is 0 Å². The van der Waals surface area contributed by atoms with Crippen LogP contribution >= 0.6 is 11.3 Å². The molecule has 0 aliphatic heterocycles. The van der Waals surface area contributed by atoms with E-state index in [-0.39, 0.29) is 5.75 Å². The molecule has 0 aromatic carbocycles. The van der Waals surface area contributed by atoms with E-state index in [1.165, 1.54) is 9.18 Å². The lowest BCUT2D eigenvalue weighted by molar-refractivity contribution is 0.474. The van der Waals surface area contributed by atoms with Gasteiger partial charge in [0.15, 0.2) is 0 Å². The number of hydrogen-bond acceptors (Lipinski definition) is 3. The number of rotatable bonds is 5. The molecule has 0 saturated heterocycles. The molecule has 3 nitrogen and oxygen atoms in total. The maximum absolute atomic E-state index is 11.4. The highest BCUT2D eigenvalue weighted by atomic mass is 32.2. The molecule has 1 aromatic rings. The standard InChI is InChI=1S/C9H15NO2S2/c1-3-14(11,12)10(2)7-6-9-5-4-8-13-9/h4-5,8H,3,6-7H2,1-2H3. The van der Waals surface area contributed by atoms with E-state index in [1.54, 1.807) is 25.3 Å². The Bertz CT molecular complexity index is 356. The third-order valence-corrected chi connectivity index (χ3v) is 4.89. The lowest BCUT2D eigenvalue weighted by Crippen LogP contribution is -2.30. The summed E-state index contributed by atoms with van der Waals surface area (Å²) in [4.78, 5) is 1.23. The average Bonchev–Trinajstić information content (AvgIpc) is 2.66. The number of thiophene rings is 1. The van der Waals surface area contributed by atoms with E-state index in [9.17, 15) is 8.42 Å². The number of likely N-dealkylation sites (N-methyl/N-ethyl adjacent to an activating group) is 1. The molecule has 0 saturated carbocycles. The van der Waals surface area contributed by atoms with Gasteiger partial charge in [0, 0.05) is 18.5 Å². The van der Waals surface area contributed by atoms with Gasteiger partial charge in [0.05, 0.1) is 5.75 Å². The Morgan fingerprint density at radius 3 is 2.71 bits per heavy atom. The molecule has 0 N–H and O–H groups in total. The first kappa shape index (κ1) is 11.7. The Hall–Kier alpha value is -0.390. The molecule has 0 aliphatic rings. The maximum Gasteiger partial charge on any atom is 0.213 e. The third kappa shape index (κ3) is 3.08. The van der Waals surface area contributed by atoms with E-state index in [0.717, 1.165) is 6.42 Å². The van der Waals surface area contributed by atoms with Crippen LogP contribution < -0.4 is 0 Å². The molecule has 0 atom stereocenters. The Kier molecular flexibility index (Phi) is 4.10. The number of sulfonamides is 1. The van der Waals surface area contributed by atoms with Gasteiger partial charge < -0.3 is 0 Å². The van der Waals surface area contributed by atoms with Crippen LogP contribution in [-0.4, -0.2) is 32.1 Å². The van der Waals surface area contributed by atoms with Crippen molar-refractivity contribution in [3.05, 3.63) is 22.4 Å². The molecule has 0 fully saturated rings. The SMILES string of the molecule is CCS(=O)(=O)N(C)CCc1cccs1. The molecule has 0 spiro atoms. The molecule has 0 radical (unpaired) electrons. The molecule has 0 amide bonds. The zero-order valence-electron chi connectivity index (χ0n) is 8.43. The first-order chi connectivity index (χ1) is 6.56. The van der Waals surface area contributed by atoms with Crippen LogP contribution in [0.15, 0.2) is 17.5 Å². The summed E-state index contributed by atoms with van der Waals surface area (Å²) in [5.74, 6) is 0.175. The van der Waals surface area contributed by atoms with Gasteiger partial charge in [-0.15, -0.1) is 11.3 Å². The molecule has 0 aliphatic carbocycles. The van der Waals surface area contributed by atoms with E-state index in [2.05, 4.69) is 0 Å². The lowest BCUT2D eigenvalue weighted by atomic mass is 10.3. The van der Waals surface area contributed by atoms with Crippen molar-refractivity contribution in [3.63, 3.8) is 0 Å². The second-order valence-electron chi connectivity index (χ2n) is 3.05. The van der Waals surface area contributed by atoms with E-state index in [1.807, 2.05) is 17.5 Å². The fourth-order valence-electron chi connectivity index (χ4n) is 1.08.